The van der Waals surface area contributed by atoms with Gasteiger partial charge in [0.05, 0.1) is 17.2 Å². The van der Waals surface area contributed by atoms with Gasteiger partial charge in [-0.25, -0.2) is 4.79 Å². The average molecular weight is 264 g/mol. The van der Waals surface area contributed by atoms with Crippen molar-refractivity contribution in [2.24, 2.45) is 0 Å². The van der Waals surface area contributed by atoms with E-state index in [1.807, 2.05) is 0 Å². The van der Waals surface area contributed by atoms with E-state index in [1.165, 1.54) is 19.1 Å². The lowest BCUT2D eigenvalue weighted by Gasteiger charge is -2.19. The molecule has 0 aliphatic rings. The summed E-state index contributed by atoms with van der Waals surface area (Å²) in [5, 5.41) is -0.258. The number of rotatable bonds is 3. The molecule has 6 heteroatoms. The Bertz CT molecular complexity index is 449. The number of alkyl halides is 2. The molecule has 0 fully saturated rings. The van der Waals surface area contributed by atoms with Gasteiger partial charge in [0.25, 0.3) is 0 Å². The van der Waals surface area contributed by atoms with Gasteiger partial charge < -0.3 is 10.5 Å². The Morgan fingerprint density at radius 1 is 1.53 bits per heavy atom. The van der Waals surface area contributed by atoms with E-state index in [1.54, 1.807) is 6.92 Å². The molecule has 0 amide bonds. The number of ether oxygens (including phenoxy) is 1. The molecular weight excluding hydrogens is 252 g/mol. The van der Waals surface area contributed by atoms with Crippen LogP contribution in [0.3, 0.4) is 0 Å². The normalized spacial score (nSPS) is 11.4. The Kier molecular flexibility index (Phi) is 3.93. The third-order valence-corrected chi connectivity index (χ3v) is 2.57. The number of benzene rings is 1. The number of hydrogen-bond acceptors (Lipinski definition) is 3. The standard InChI is InChI=1S/C11H12ClF2NO2/c1-3-17-10(16)11(13,14)8-7(12)5-4-6(2)9(8)15/h4-5H,3,15H2,1-2H3. The van der Waals surface area contributed by atoms with Crippen LogP contribution in [0, 0.1) is 6.92 Å². The van der Waals surface area contributed by atoms with Crippen LogP contribution in [-0.2, 0) is 15.5 Å². The van der Waals surface area contributed by atoms with E-state index in [2.05, 4.69) is 4.74 Å². The molecule has 0 saturated carbocycles. The number of carbonyl (C=O) groups is 1. The van der Waals surface area contributed by atoms with Crippen molar-refractivity contribution in [3.63, 3.8) is 0 Å². The number of nitrogen functional groups attached to an aromatic ring is 1. The molecule has 0 aliphatic heterocycles. The number of carbonyl (C=O) groups excluding carboxylic acids is 1. The highest BCUT2D eigenvalue weighted by Gasteiger charge is 2.46. The van der Waals surface area contributed by atoms with Gasteiger partial charge in [-0.15, -0.1) is 0 Å². The molecule has 17 heavy (non-hydrogen) atoms. The van der Waals surface area contributed by atoms with E-state index in [9.17, 15) is 13.6 Å². The summed E-state index contributed by atoms with van der Waals surface area (Å²) in [6.45, 7) is 2.85. The Morgan fingerprint density at radius 3 is 2.65 bits per heavy atom. The third kappa shape index (κ3) is 2.49. The van der Waals surface area contributed by atoms with Crippen molar-refractivity contribution in [2.45, 2.75) is 19.8 Å². The summed E-state index contributed by atoms with van der Waals surface area (Å²) >= 11 is 5.66. The maximum atomic E-state index is 13.8. The molecule has 1 aromatic rings. The van der Waals surface area contributed by atoms with E-state index in [-0.39, 0.29) is 17.3 Å². The summed E-state index contributed by atoms with van der Waals surface area (Å²) in [6, 6.07) is 2.78. The van der Waals surface area contributed by atoms with Crippen LogP contribution >= 0.6 is 11.6 Å². The van der Waals surface area contributed by atoms with Crippen molar-refractivity contribution in [3.05, 3.63) is 28.3 Å². The molecule has 94 valence electrons. The monoisotopic (exact) mass is 263 g/mol. The molecule has 1 rings (SSSR count). The highest BCUT2D eigenvalue weighted by Crippen LogP contribution is 2.39. The topological polar surface area (TPSA) is 52.3 Å². The first-order valence-corrected chi connectivity index (χ1v) is 5.30. The molecular formula is C11H12ClF2NO2. The summed E-state index contributed by atoms with van der Waals surface area (Å²) < 4.78 is 31.9. The highest BCUT2D eigenvalue weighted by molar-refractivity contribution is 6.32. The van der Waals surface area contributed by atoms with Gasteiger partial charge in [-0.2, -0.15) is 8.78 Å². The number of esters is 1. The fourth-order valence-corrected chi connectivity index (χ4v) is 1.62. The average Bonchev–Trinajstić information content (AvgIpc) is 2.24. The van der Waals surface area contributed by atoms with Crippen LogP contribution < -0.4 is 5.73 Å². The number of hydrogen-bond donors (Lipinski definition) is 1. The lowest BCUT2D eigenvalue weighted by molar-refractivity contribution is -0.172. The zero-order valence-electron chi connectivity index (χ0n) is 9.39. The van der Waals surface area contributed by atoms with E-state index >= 15 is 0 Å². The Balaban J connectivity index is 3.32. The Hall–Kier alpha value is -1.36. The minimum absolute atomic E-state index is 0.141. The number of aryl methyl sites for hydroxylation is 1. The number of nitrogens with two attached hydrogens (primary N) is 1. The van der Waals surface area contributed by atoms with E-state index in [4.69, 9.17) is 17.3 Å². The summed E-state index contributed by atoms with van der Waals surface area (Å²) in [5.74, 6) is -5.50. The summed E-state index contributed by atoms with van der Waals surface area (Å²) in [5.41, 5.74) is 5.06. The summed E-state index contributed by atoms with van der Waals surface area (Å²) in [4.78, 5) is 11.2. The summed E-state index contributed by atoms with van der Waals surface area (Å²) in [6.07, 6.45) is 0. The molecule has 0 aromatic heterocycles. The van der Waals surface area contributed by atoms with Crippen molar-refractivity contribution in [1.29, 1.82) is 0 Å². The first-order valence-electron chi connectivity index (χ1n) is 4.92. The zero-order valence-corrected chi connectivity index (χ0v) is 10.1. The molecule has 1 aromatic carbocycles. The van der Waals surface area contributed by atoms with Gasteiger partial charge >= 0.3 is 11.9 Å². The molecule has 0 bridgehead atoms. The van der Waals surface area contributed by atoms with Crippen molar-refractivity contribution >= 4 is 23.3 Å². The predicted octanol–water partition coefficient (Wildman–Crippen LogP) is 2.89. The molecule has 0 heterocycles. The maximum Gasteiger partial charge on any atom is 0.382 e. The van der Waals surface area contributed by atoms with Crippen LogP contribution in [-0.4, -0.2) is 12.6 Å². The second-order valence-electron chi connectivity index (χ2n) is 3.45. The Labute approximate surface area is 103 Å². The maximum absolute atomic E-state index is 13.8. The first kappa shape index (κ1) is 13.7. The number of halogens is 3. The van der Waals surface area contributed by atoms with Gasteiger partial charge in [-0.1, -0.05) is 17.7 Å². The van der Waals surface area contributed by atoms with Crippen molar-refractivity contribution in [1.82, 2.24) is 0 Å². The van der Waals surface area contributed by atoms with Gasteiger partial charge in [0.2, 0.25) is 0 Å². The van der Waals surface area contributed by atoms with Crippen LogP contribution in [0.15, 0.2) is 12.1 Å². The molecule has 0 unspecified atom stereocenters. The second kappa shape index (κ2) is 4.87. The third-order valence-electron chi connectivity index (χ3n) is 2.26. The van der Waals surface area contributed by atoms with Gasteiger partial charge in [0.15, 0.2) is 0 Å². The van der Waals surface area contributed by atoms with E-state index < -0.39 is 17.5 Å². The largest absolute Gasteiger partial charge is 0.461 e. The van der Waals surface area contributed by atoms with Crippen molar-refractivity contribution in [2.75, 3.05) is 12.3 Å². The van der Waals surface area contributed by atoms with E-state index in [0.717, 1.165) is 0 Å². The minimum Gasteiger partial charge on any atom is -0.461 e. The smallest absolute Gasteiger partial charge is 0.382 e. The van der Waals surface area contributed by atoms with Gasteiger partial charge in [0.1, 0.15) is 0 Å². The molecule has 0 atom stereocenters. The summed E-state index contributed by atoms with van der Waals surface area (Å²) in [7, 11) is 0. The predicted molar refractivity (Wildman–Crippen MR) is 61.1 cm³/mol. The second-order valence-corrected chi connectivity index (χ2v) is 3.86. The van der Waals surface area contributed by atoms with Gasteiger partial charge in [0, 0.05) is 5.69 Å². The van der Waals surface area contributed by atoms with E-state index in [0.29, 0.717) is 5.56 Å². The molecule has 0 spiro atoms. The number of anilines is 1. The van der Waals surface area contributed by atoms with Crippen LogP contribution in [0.1, 0.15) is 18.1 Å². The lowest BCUT2D eigenvalue weighted by Crippen LogP contribution is -2.30. The van der Waals surface area contributed by atoms with Crippen molar-refractivity contribution < 1.29 is 18.3 Å². The van der Waals surface area contributed by atoms with Crippen molar-refractivity contribution in [3.8, 4) is 0 Å². The fraction of sp³-hybridized carbons (Fsp3) is 0.364. The molecule has 0 saturated heterocycles. The highest BCUT2D eigenvalue weighted by atomic mass is 35.5. The van der Waals surface area contributed by atoms with Gasteiger partial charge in [-0.05, 0) is 25.5 Å². The van der Waals surface area contributed by atoms with Crippen LogP contribution in [0.4, 0.5) is 14.5 Å². The lowest BCUT2D eigenvalue weighted by atomic mass is 10.0. The molecule has 3 nitrogen and oxygen atoms in total. The zero-order chi connectivity index (χ0) is 13.2. The SMILES string of the molecule is CCOC(=O)C(F)(F)c1c(Cl)ccc(C)c1N. The fourth-order valence-electron chi connectivity index (χ4n) is 1.34. The molecule has 2 N–H and O–H groups in total. The quantitative estimate of drug-likeness (QED) is 0.674. The van der Waals surface area contributed by atoms with Gasteiger partial charge in [-0.3, -0.25) is 0 Å². The van der Waals surface area contributed by atoms with Crippen LogP contribution in [0.2, 0.25) is 5.02 Å². The Morgan fingerprint density at radius 2 is 2.12 bits per heavy atom. The van der Waals surface area contributed by atoms with Crippen LogP contribution in [0.25, 0.3) is 0 Å². The van der Waals surface area contributed by atoms with Crippen LogP contribution in [0.5, 0.6) is 0 Å². The molecule has 0 aliphatic carbocycles. The minimum atomic E-state index is -3.84. The molecule has 0 radical (unpaired) electrons. The first-order chi connectivity index (χ1) is 7.82.